The van der Waals surface area contributed by atoms with Crippen molar-refractivity contribution in [3.8, 4) is 11.3 Å². The molecule has 0 bridgehead atoms. The lowest BCUT2D eigenvalue weighted by Gasteiger charge is -2.17. The van der Waals surface area contributed by atoms with Gasteiger partial charge in [-0.15, -0.1) is 0 Å². The lowest BCUT2D eigenvalue weighted by molar-refractivity contribution is 0.624. The van der Waals surface area contributed by atoms with Crippen molar-refractivity contribution in [1.82, 2.24) is 4.98 Å². The van der Waals surface area contributed by atoms with E-state index in [9.17, 15) is 4.39 Å². The minimum atomic E-state index is -0.199. The number of rotatable bonds is 3. The summed E-state index contributed by atoms with van der Waals surface area (Å²) in [5, 5.41) is 0. The summed E-state index contributed by atoms with van der Waals surface area (Å²) >= 11 is 0. The van der Waals surface area contributed by atoms with Crippen LogP contribution in [0.1, 0.15) is 24.0 Å². The molecule has 0 amide bonds. The molecule has 0 N–H and O–H groups in total. The van der Waals surface area contributed by atoms with Gasteiger partial charge in [0.1, 0.15) is 5.82 Å². The van der Waals surface area contributed by atoms with Gasteiger partial charge < -0.3 is 0 Å². The SMILES string of the molecule is CC(c1cccc(F)c1)c1ccccc1-c1ccccn1. The highest BCUT2D eigenvalue weighted by molar-refractivity contribution is 5.65. The second kappa shape index (κ2) is 5.88. The second-order valence-corrected chi connectivity index (χ2v) is 5.08. The van der Waals surface area contributed by atoms with E-state index in [0.29, 0.717) is 0 Å². The van der Waals surface area contributed by atoms with Crippen LogP contribution < -0.4 is 0 Å². The lowest BCUT2D eigenvalue weighted by atomic mass is 9.88. The zero-order valence-corrected chi connectivity index (χ0v) is 11.8. The quantitative estimate of drug-likeness (QED) is 0.653. The summed E-state index contributed by atoms with van der Waals surface area (Å²) in [6.07, 6.45) is 1.79. The van der Waals surface area contributed by atoms with Crippen LogP contribution in [-0.4, -0.2) is 4.98 Å². The van der Waals surface area contributed by atoms with Crippen molar-refractivity contribution < 1.29 is 4.39 Å². The topological polar surface area (TPSA) is 12.9 Å². The Kier molecular flexibility index (Phi) is 3.78. The van der Waals surface area contributed by atoms with Crippen LogP contribution in [0.3, 0.4) is 0 Å². The maximum Gasteiger partial charge on any atom is 0.123 e. The molecule has 0 saturated carbocycles. The first kappa shape index (κ1) is 13.5. The molecular weight excluding hydrogens is 261 g/mol. The van der Waals surface area contributed by atoms with E-state index in [2.05, 4.69) is 24.0 Å². The molecule has 3 aromatic rings. The van der Waals surface area contributed by atoms with E-state index < -0.39 is 0 Å². The molecule has 0 aliphatic carbocycles. The van der Waals surface area contributed by atoms with Crippen LogP contribution in [0.4, 0.5) is 4.39 Å². The fourth-order valence-electron chi connectivity index (χ4n) is 2.59. The molecular formula is C19H16FN. The standard InChI is InChI=1S/C19H16FN/c1-14(15-7-6-8-16(20)13-15)17-9-2-3-10-18(17)19-11-4-5-12-21-19/h2-14H,1H3. The van der Waals surface area contributed by atoms with Crippen LogP contribution in [0.5, 0.6) is 0 Å². The van der Waals surface area contributed by atoms with E-state index in [1.54, 1.807) is 18.3 Å². The fraction of sp³-hybridized carbons (Fsp3) is 0.105. The molecule has 0 aliphatic rings. The third-order valence-electron chi connectivity index (χ3n) is 3.72. The van der Waals surface area contributed by atoms with Crippen molar-refractivity contribution >= 4 is 0 Å². The monoisotopic (exact) mass is 277 g/mol. The number of aromatic nitrogens is 1. The van der Waals surface area contributed by atoms with Crippen LogP contribution >= 0.6 is 0 Å². The van der Waals surface area contributed by atoms with E-state index in [1.807, 2.05) is 36.4 Å². The molecule has 0 radical (unpaired) electrons. The Bertz CT molecular complexity index is 737. The highest BCUT2D eigenvalue weighted by Gasteiger charge is 2.14. The Morgan fingerprint density at radius 2 is 1.71 bits per heavy atom. The molecule has 1 aromatic heterocycles. The predicted octanol–water partition coefficient (Wildman–Crippen LogP) is 5.04. The third kappa shape index (κ3) is 2.84. The molecule has 21 heavy (non-hydrogen) atoms. The molecule has 0 saturated heterocycles. The zero-order chi connectivity index (χ0) is 14.7. The maximum absolute atomic E-state index is 13.5. The second-order valence-electron chi connectivity index (χ2n) is 5.08. The van der Waals surface area contributed by atoms with Gasteiger partial charge in [-0.25, -0.2) is 4.39 Å². The van der Waals surface area contributed by atoms with Crippen molar-refractivity contribution in [2.45, 2.75) is 12.8 Å². The first-order valence-corrected chi connectivity index (χ1v) is 7.01. The largest absolute Gasteiger partial charge is 0.256 e. The molecule has 1 nitrogen and oxygen atoms in total. The lowest BCUT2D eigenvalue weighted by Crippen LogP contribution is -2.00. The number of nitrogens with zero attached hydrogens (tertiary/aromatic N) is 1. The van der Waals surface area contributed by atoms with Crippen molar-refractivity contribution in [1.29, 1.82) is 0 Å². The minimum Gasteiger partial charge on any atom is -0.256 e. The van der Waals surface area contributed by atoms with Crippen LogP contribution in [0, 0.1) is 5.82 Å². The number of benzene rings is 2. The molecule has 0 aliphatic heterocycles. The van der Waals surface area contributed by atoms with Crippen LogP contribution in [0.25, 0.3) is 11.3 Å². The van der Waals surface area contributed by atoms with E-state index in [-0.39, 0.29) is 11.7 Å². The van der Waals surface area contributed by atoms with Gasteiger partial charge in [-0.3, -0.25) is 4.98 Å². The fourth-order valence-corrected chi connectivity index (χ4v) is 2.59. The zero-order valence-electron chi connectivity index (χ0n) is 11.8. The molecule has 3 rings (SSSR count). The van der Waals surface area contributed by atoms with Crippen molar-refractivity contribution in [2.75, 3.05) is 0 Å². The van der Waals surface area contributed by atoms with Gasteiger partial charge in [0.2, 0.25) is 0 Å². The normalized spacial score (nSPS) is 12.1. The van der Waals surface area contributed by atoms with Crippen LogP contribution in [0.2, 0.25) is 0 Å². The van der Waals surface area contributed by atoms with Gasteiger partial charge in [-0.1, -0.05) is 49.4 Å². The van der Waals surface area contributed by atoms with Crippen LogP contribution in [-0.2, 0) is 0 Å². The Morgan fingerprint density at radius 1 is 0.905 bits per heavy atom. The minimum absolute atomic E-state index is 0.110. The molecule has 104 valence electrons. The molecule has 2 aromatic carbocycles. The van der Waals surface area contributed by atoms with E-state index >= 15 is 0 Å². The van der Waals surface area contributed by atoms with Gasteiger partial charge in [0.15, 0.2) is 0 Å². The van der Waals surface area contributed by atoms with Gasteiger partial charge in [-0.2, -0.15) is 0 Å². The average molecular weight is 277 g/mol. The molecule has 1 unspecified atom stereocenters. The van der Waals surface area contributed by atoms with E-state index in [1.165, 1.54) is 6.07 Å². The number of halogens is 1. The van der Waals surface area contributed by atoms with Crippen molar-refractivity contribution in [3.05, 3.63) is 89.9 Å². The van der Waals surface area contributed by atoms with Gasteiger partial charge in [0.25, 0.3) is 0 Å². The predicted molar refractivity (Wildman–Crippen MR) is 83.6 cm³/mol. The highest BCUT2D eigenvalue weighted by atomic mass is 19.1. The number of pyridine rings is 1. The summed E-state index contributed by atoms with van der Waals surface area (Å²) in [5.74, 6) is -0.0893. The number of hydrogen-bond acceptors (Lipinski definition) is 1. The molecule has 2 heteroatoms. The molecule has 0 fully saturated rings. The van der Waals surface area contributed by atoms with Crippen molar-refractivity contribution in [2.24, 2.45) is 0 Å². The summed E-state index contributed by atoms with van der Waals surface area (Å²) in [4.78, 5) is 4.43. The van der Waals surface area contributed by atoms with Gasteiger partial charge in [0, 0.05) is 17.7 Å². The summed E-state index contributed by atoms with van der Waals surface area (Å²) in [6, 6.07) is 20.8. The van der Waals surface area contributed by atoms with Gasteiger partial charge in [0.05, 0.1) is 5.69 Å². The Morgan fingerprint density at radius 3 is 2.48 bits per heavy atom. The van der Waals surface area contributed by atoms with E-state index in [0.717, 1.165) is 22.4 Å². The highest BCUT2D eigenvalue weighted by Crippen LogP contribution is 2.32. The third-order valence-corrected chi connectivity index (χ3v) is 3.72. The Labute approximate surface area is 124 Å². The summed E-state index contributed by atoms with van der Waals surface area (Å²) in [6.45, 7) is 2.09. The van der Waals surface area contributed by atoms with Crippen molar-refractivity contribution in [3.63, 3.8) is 0 Å². The Hall–Kier alpha value is -2.48. The van der Waals surface area contributed by atoms with Gasteiger partial charge in [-0.05, 0) is 35.4 Å². The number of hydrogen-bond donors (Lipinski definition) is 0. The maximum atomic E-state index is 13.5. The van der Waals surface area contributed by atoms with Gasteiger partial charge >= 0.3 is 0 Å². The molecule has 1 heterocycles. The average Bonchev–Trinajstić information content (AvgIpc) is 2.55. The Balaban J connectivity index is 2.07. The molecule has 1 atom stereocenters. The first-order valence-electron chi connectivity index (χ1n) is 7.01. The van der Waals surface area contributed by atoms with E-state index in [4.69, 9.17) is 0 Å². The van der Waals surface area contributed by atoms with Crippen LogP contribution in [0.15, 0.2) is 72.9 Å². The molecule has 0 spiro atoms. The first-order chi connectivity index (χ1) is 10.3. The summed E-state index contributed by atoms with van der Waals surface area (Å²) in [7, 11) is 0. The summed E-state index contributed by atoms with van der Waals surface area (Å²) < 4.78 is 13.5. The smallest absolute Gasteiger partial charge is 0.123 e. The summed E-state index contributed by atoms with van der Waals surface area (Å²) in [5.41, 5.74) is 4.16.